The van der Waals surface area contributed by atoms with Crippen LogP contribution in [0.15, 0.2) is 59.7 Å². The molecule has 1 amide bonds. The van der Waals surface area contributed by atoms with Crippen LogP contribution in [0.4, 0.5) is 0 Å². The Hall–Kier alpha value is -2.88. The molecule has 4 nitrogen and oxygen atoms in total. The molecule has 26 heavy (non-hydrogen) atoms. The summed E-state index contributed by atoms with van der Waals surface area (Å²) in [6.07, 6.45) is 4.60. The summed E-state index contributed by atoms with van der Waals surface area (Å²) < 4.78 is 5.82. The molecule has 136 valence electrons. The lowest BCUT2D eigenvalue weighted by molar-refractivity contribution is -0.127. The number of nitrogens with one attached hydrogen (secondary N) is 1. The molecule has 2 aromatic carbocycles. The Morgan fingerprint density at radius 1 is 1.12 bits per heavy atom. The number of carbonyl (C=O) groups is 1. The van der Waals surface area contributed by atoms with E-state index in [1.54, 1.807) is 19.2 Å². The summed E-state index contributed by atoms with van der Waals surface area (Å²) in [6.45, 7) is 7.94. The van der Waals surface area contributed by atoms with Gasteiger partial charge in [0.25, 0.3) is 5.91 Å². The molecule has 0 aliphatic rings. The lowest BCUT2D eigenvalue weighted by atomic mass is 10.0. The summed E-state index contributed by atoms with van der Waals surface area (Å²) >= 11 is 0. The van der Waals surface area contributed by atoms with Crippen molar-refractivity contribution in [3.05, 3.63) is 71.3 Å². The van der Waals surface area contributed by atoms with Gasteiger partial charge in [-0.05, 0) is 48.6 Å². The third-order valence-corrected chi connectivity index (χ3v) is 3.98. The van der Waals surface area contributed by atoms with E-state index in [0.717, 1.165) is 16.9 Å². The molecule has 0 fully saturated rings. The molecule has 0 saturated heterocycles. The van der Waals surface area contributed by atoms with Crippen LogP contribution in [0.3, 0.4) is 0 Å². The van der Waals surface area contributed by atoms with Gasteiger partial charge in [0.2, 0.25) is 0 Å². The first kappa shape index (κ1) is 19.4. The number of hydrogen-bond donors (Lipinski definition) is 1. The first-order valence-electron chi connectivity index (χ1n) is 8.79. The van der Waals surface area contributed by atoms with Crippen molar-refractivity contribution in [1.29, 1.82) is 0 Å². The fraction of sp³-hybridized carbons (Fsp3) is 0.273. The summed E-state index contributed by atoms with van der Waals surface area (Å²) in [5.74, 6) is 0.846. The van der Waals surface area contributed by atoms with Crippen LogP contribution in [0, 0.1) is 6.92 Å². The van der Waals surface area contributed by atoms with Crippen molar-refractivity contribution in [2.45, 2.75) is 39.7 Å². The molecule has 0 bridgehead atoms. The second-order valence-corrected chi connectivity index (χ2v) is 6.46. The van der Waals surface area contributed by atoms with Gasteiger partial charge in [0, 0.05) is 6.21 Å². The van der Waals surface area contributed by atoms with E-state index in [2.05, 4.69) is 30.4 Å². The van der Waals surface area contributed by atoms with Crippen LogP contribution in [-0.4, -0.2) is 18.2 Å². The summed E-state index contributed by atoms with van der Waals surface area (Å²) in [5, 5.41) is 3.93. The number of ether oxygens (including phenoxy) is 1. The normalized spacial score (nSPS) is 12.7. The quantitative estimate of drug-likeness (QED) is 0.581. The number of nitrogens with zero attached hydrogens (tertiary/aromatic N) is 1. The molecule has 0 heterocycles. The van der Waals surface area contributed by atoms with E-state index >= 15 is 0 Å². The van der Waals surface area contributed by atoms with Crippen LogP contribution in [0.25, 0.3) is 6.08 Å². The van der Waals surface area contributed by atoms with Gasteiger partial charge in [-0.3, -0.25) is 4.79 Å². The zero-order valence-electron chi connectivity index (χ0n) is 15.8. The van der Waals surface area contributed by atoms with Gasteiger partial charge in [0.05, 0.1) is 0 Å². The molecule has 0 saturated carbocycles. The van der Waals surface area contributed by atoms with Crippen molar-refractivity contribution < 1.29 is 9.53 Å². The highest BCUT2D eigenvalue weighted by Crippen LogP contribution is 2.25. The predicted molar refractivity (Wildman–Crippen MR) is 107 cm³/mol. The molecule has 4 heteroatoms. The lowest BCUT2D eigenvalue weighted by Crippen LogP contribution is -2.33. The molecular weight excluding hydrogens is 324 g/mol. The first-order chi connectivity index (χ1) is 12.5. The molecule has 1 N–H and O–H groups in total. The van der Waals surface area contributed by atoms with E-state index in [-0.39, 0.29) is 5.91 Å². The zero-order chi connectivity index (χ0) is 18.9. The van der Waals surface area contributed by atoms with Gasteiger partial charge in [-0.25, -0.2) is 5.43 Å². The Morgan fingerprint density at radius 2 is 1.85 bits per heavy atom. The fourth-order valence-electron chi connectivity index (χ4n) is 2.30. The average Bonchev–Trinajstić information content (AvgIpc) is 2.63. The molecule has 0 unspecified atom stereocenters. The van der Waals surface area contributed by atoms with Gasteiger partial charge in [-0.15, -0.1) is 0 Å². The molecule has 0 radical (unpaired) electrons. The summed E-state index contributed by atoms with van der Waals surface area (Å²) in [6, 6.07) is 16.0. The highest BCUT2D eigenvalue weighted by molar-refractivity contribution is 5.83. The van der Waals surface area contributed by atoms with Crippen LogP contribution in [-0.2, 0) is 4.79 Å². The molecule has 0 aromatic heterocycles. The number of amides is 1. The standard InChI is InChI=1S/C22H26N2O2/c1-16(2)20-13-12-17(3)21(15-20)26-18(4)22(25)24-23-14-8-11-19-9-6-5-7-10-19/h5-16,18H,1-4H3,(H,24,25)/b11-8+,23-14?/t18-/m0/s1. The van der Waals surface area contributed by atoms with E-state index in [1.165, 1.54) is 5.56 Å². The Bertz CT molecular complexity index is 780. The van der Waals surface area contributed by atoms with Crippen molar-refractivity contribution in [2.75, 3.05) is 0 Å². The zero-order valence-corrected chi connectivity index (χ0v) is 15.8. The Morgan fingerprint density at radius 3 is 2.54 bits per heavy atom. The van der Waals surface area contributed by atoms with Crippen LogP contribution >= 0.6 is 0 Å². The fourth-order valence-corrected chi connectivity index (χ4v) is 2.30. The Labute approximate surface area is 155 Å². The van der Waals surface area contributed by atoms with Crippen LogP contribution < -0.4 is 10.2 Å². The maximum absolute atomic E-state index is 12.1. The number of benzene rings is 2. The highest BCUT2D eigenvalue weighted by atomic mass is 16.5. The van der Waals surface area contributed by atoms with Gasteiger partial charge in [0.1, 0.15) is 5.75 Å². The molecule has 1 atom stereocenters. The van der Waals surface area contributed by atoms with Gasteiger partial charge in [-0.2, -0.15) is 5.10 Å². The summed E-state index contributed by atoms with van der Waals surface area (Å²) in [4.78, 5) is 12.1. The summed E-state index contributed by atoms with van der Waals surface area (Å²) in [5.41, 5.74) is 5.76. The number of rotatable bonds is 7. The van der Waals surface area contributed by atoms with Gasteiger partial charge < -0.3 is 4.74 Å². The van der Waals surface area contributed by atoms with Gasteiger partial charge >= 0.3 is 0 Å². The largest absolute Gasteiger partial charge is 0.481 e. The third kappa shape index (κ3) is 5.88. The van der Waals surface area contributed by atoms with Crippen molar-refractivity contribution in [3.63, 3.8) is 0 Å². The first-order valence-corrected chi connectivity index (χ1v) is 8.79. The van der Waals surface area contributed by atoms with E-state index < -0.39 is 6.10 Å². The maximum Gasteiger partial charge on any atom is 0.280 e. The van der Waals surface area contributed by atoms with Gasteiger partial charge in [0.15, 0.2) is 6.10 Å². The molecule has 0 aliphatic heterocycles. The van der Waals surface area contributed by atoms with E-state index in [4.69, 9.17) is 4.74 Å². The predicted octanol–water partition coefficient (Wildman–Crippen LogP) is 4.70. The van der Waals surface area contributed by atoms with Crippen molar-refractivity contribution >= 4 is 18.2 Å². The number of aryl methyl sites for hydroxylation is 1. The van der Waals surface area contributed by atoms with Gasteiger partial charge in [-0.1, -0.05) is 62.4 Å². The average molecular weight is 350 g/mol. The second kappa shape index (κ2) is 9.56. The van der Waals surface area contributed by atoms with Crippen LogP contribution in [0.1, 0.15) is 43.4 Å². The summed E-state index contributed by atoms with van der Waals surface area (Å²) in [7, 11) is 0. The lowest BCUT2D eigenvalue weighted by Gasteiger charge is -2.16. The number of allylic oxidation sites excluding steroid dienone is 1. The molecule has 2 rings (SSSR count). The minimum atomic E-state index is -0.633. The SMILES string of the molecule is Cc1ccc(C(C)C)cc1O[C@@H](C)C(=O)NN=C/C=C/c1ccccc1. The molecule has 2 aromatic rings. The van der Waals surface area contributed by atoms with E-state index in [1.807, 2.05) is 55.5 Å². The molecule has 0 spiro atoms. The van der Waals surface area contributed by atoms with Crippen molar-refractivity contribution in [1.82, 2.24) is 5.43 Å². The Balaban J connectivity index is 1.88. The maximum atomic E-state index is 12.1. The third-order valence-electron chi connectivity index (χ3n) is 3.98. The van der Waals surface area contributed by atoms with E-state index in [0.29, 0.717) is 5.92 Å². The number of carbonyl (C=O) groups excluding carboxylic acids is 1. The number of hydrazone groups is 1. The van der Waals surface area contributed by atoms with Crippen LogP contribution in [0.2, 0.25) is 0 Å². The topological polar surface area (TPSA) is 50.7 Å². The number of hydrogen-bond acceptors (Lipinski definition) is 3. The minimum Gasteiger partial charge on any atom is -0.481 e. The van der Waals surface area contributed by atoms with E-state index in [9.17, 15) is 4.79 Å². The van der Waals surface area contributed by atoms with Crippen LogP contribution in [0.5, 0.6) is 5.75 Å². The monoisotopic (exact) mass is 350 g/mol. The molecule has 0 aliphatic carbocycles. The minimum absolute atomic E-state index is 0.288. The highest BCUT2D eigenvalue weighted by Gasteiger charge is 2.15. The Kier molecular flexibility index (Phi) is 7.15. The molecular formula is C22H26N2O2. The second-order valence-electron chi connectivity index (χ2n) is 6.46. The van der Waals surface area contributed by atoms with Crippen molar-refractivity contribution in [2.24, 2.45) is 5.10 Å². The van der Waals surface area contributed by atoms with Crippen molar-refractivity contribution in [3.8, 4) is 5.75 Å². The smallest absolute Gasteiger partial charge is 0.280 e.